The van der Waals surface area contributed by atoms with E-state index in [4.69, 9.17) is 9.84 Å². The summed E-state index contributed by atoms with van der Waals surface area (Å²) in [5, 5.41) is 11.4. The maximum absolute atomic E-state index is 11.1. The third-order valence-corrected chi connectivity index (χ3v) is 2.25. The van der Waals surface area contributed by atoms with Crippen molar-refractivity contribution < 1.29 is 19.4 Å². The molecule has 0 unspecified atom stereocenters. The Hall–Kier alpha value is -1.52. The average Bonchev–Trinajstić information content (AvgIpc) is 2.18. The largest absolute Gasteiger partial charge is 0.478 e. The first-order chi connectivity index (χ1) is 7.15. The Morgan fingerprint density at radius 2 is 2.07 bits per heavy atom. The van der Waals surface area contributed by atoms with Gasteiger partial charge < -0.3 is 9.84 Å². The summed E-state index contributed by atoms with van der Waals surface area (Å²) in [6.45, 7) is 1.98. The van der Waals surface area contributed by atoms with Gasteiger partial charge in [-0.3, -0.25) is 5.32 Å². The lowest BCUT2D eigenvalue weighted by atomic mass is 9.96. The second-order valence-electron chi connectivity index (χ2n) is 3.31. The minimum absolute atomic E-state index is 0.279. The van der Waals surface area contributed by atoms with E-state index < -0.39 is 12.1 Å². The van der Waals surface area contributed by atoms with Gasteiger partial charge in [0.2, 0.25) is 0 Å². The Morgan fingerprint density at radius 1 is 1.40 bits per heavy atom. The quantitative estimate of drug-likeness (QED) is 0.747. The second-order valence-corrected chi connectivity index (χ2v) is 3.31. The summed E-state index contributed by atoms with van der Waals surface area (Å²) >= 11 is 0. The molecule has 84 valence electrons. The van der Waals surface area contributed by atoms with E-state index in [2.05, 4.69) is 5.32 Å². The Kier molecular flexibility index (Phi) is 4.15. The minimum atomic E-state index is -0.957. The molecule has 15 heavy (non-hydrogen) atoms. The Morgan fingerprint density at radius 3 is 2.67 bits per heavy atom. The first kappa shape index (κ1) is 11.6. The number of hydrogen-bond donors (Lipinski definition) is 2. The summed E-state index contributed by atoms with van der Waals surface area (Å²) in [7, 11) is 0. The third-order valence-electron chi connectivity index (χ3n) is 2.25. The van der Waals surface area contributed by atoms with Crippen LogP contribution < -0.4 is 5.32 Å². The van der Waals surface area contributed by atoms with Gasteiger partial charge in [0.25, 0.3) is 0 Å². The zero-order valence-corrected chi connectivity index (χ0v) is 8.71. The van der Waals surface area contributed by atoms with Crippen molar-refractivity contribution >= 4 is 12.1 Å². The van der Waals surface area contributed by atoms with E-state index >= 15 is 0 Å². The smallest absolute Gasteiger partial charge is 0.411 e. The minimum Gasteiger partial charge on any atom is -0.478 e. The predicted molar refractivity (Wildman–Crippen MR) is 53.3 cm³/mol. The van der Waals surface area contributed by atoms with Gasteiger partial charge in [-0.2, -0.15) is 0 Å². The Labute approximate surface area is 88.1 Å². The first-order valence-electron chi connectivity index (χ1n) is 5.04. The van der Waals surface area contributed by atoms with E-state index in [0.717, 1.165) is 12.8 Å². The van der Waals surface area contributed by atoms with E-state index in [0.29, 0.717) is 24.1 Å². The highest BCUT2D eigenvalue weighted by atomic mass is 16.5. The van der Waals surface area contributed by atoms with Crippen molar-refractivity contribution in [2.45, 2.75) is 32.6 Å². The van der Waals surface area contributed by atoms with E-state index in [9.17, 15) is 9.59 Å². The molecule has 0 saturated heterocycles. The number of hydrogen-bond acceptors (Lipinski definition) is 3. The van der Waals surface area contributed by atoms with Crippen LogP contribution in [-0.2, 0) is 9.53 Å². The van der Waals surface area contributed by atoms with Crippen LogP contribution in [0.2, 0.25) is 0 Å². The van der Waals surface area contributed by atoms with Crippen molar-refractivity contribution in [3.8, 4) is 0 Å². The molecule has 0 aromatic carbocycles. The summed E-state index contributed by atoms with van der Waals surface area (Å²) in [6, 6.07) is 0. The number of rotatable bonds is 3. The number of carboxylic acids is 1. The summed E-state index contributed by atoms with van der Waals surface area (Å²) in [4.78, 5) is 22.0. The van der Waals surface area contributed by atoms with Crippen LogP contribution in [0.1, 0.15) is 32.6 Å². The maximum atomic E-state index is 11.1. The van der Waals surface area contributed by atoms with Gasteiger partial charge in [0.05, 0.1) is 12.2 Å². The summed E-state index contributed by atoms with van der Waals surface area (Å²) in [6.07, 6.45) is 2.29. The van der Waals surface area contributed by atoms with Gasteiger partial charge in [-0.25, -0.2) is 9.59 Å². The highest BCUT2D eigenvalue weighted by Gasteiger charge is 2.20. The number of carboxylic acid groups (broad SMARTS) is 1. The molecular formula is C10H15NO4. The molecule has 0 atom stereocenters. The van der Waals surface area contributed by atoms with Crippen molar-refractivity contribution in [1.82, 2.24) is 5.32 Å². The number of aliphatic carboxylic acids is 1. The van der Waals surface area contributed by atoms with Gasteiger partial charge in [0.15, 0.2) is 0 Å². The van der Waals surface area contributed by atoms with Crippen LogP contribution in [0, 0.1) is 0 Å². The molecule has 0 saturated carbocycles. The fourth-order valence-corrected chi connectivity index (χ4v) is 1.57. The maximum Gasteiger partial charge on any atom is 0.411 e. The molecule has 1 rings (SSSR count). The number of alkyl carbamates (subject to hydrolysis) is 1. The number of ether oxygens (including phenoxy) is 1. The molecule has 2 N–H and O–H groups in total. The topological polar surface area (TPSA) is 75.6 Å². The molecule has 0 fully saturated rings. The standard InChI is InChI=1S/C10H15NO4/c1-2-15-10(14)11-8-6-4-3-5-7(8)9(12)13/h2-6H2,1H3,(H,11,14)(H,12,13). The lowest BCUT2D eigenvalue weighted by molar-refractivity contribution is -0.133. The summed E-state index contributed by atoms with van der Waals surface area (Å²) < 4.78 is 4.70. The number of allylic oxidation sites excluding steroid dienone is 1. The number of carbonyl (C=O) groups excluding carboxylic acids is 1. The lowest BCUT2D eigenvalue weighted by Gasteiger charge is -2.17. The van der Waals surface area contributed by atoms with Crippen molar-refractivity contribution in [3.05, 3.63) is 11.3 Å². The predicted octanol–water partition coefficient (Wildman–Crippen LogP) is 1.65. The second kappa shape index (κ2) is 5.38. The van der Waals surface area contributed by atoms with Gasteiger partial charge >= 0.3 is 12.1 Å². The first-order valence-corrected chi connectivity index (χ1v) is 5.04. The Balaban J connectivity index is 2.70. The van der Waals surface area contributed by atoms with Crippen LogP contribution in [0.25, 0.3) is 0 Å². The molecule has 5 heteroatoms. The van der Waals surface area contributed by atoms with Gasteiger partial charge in [0, 0.05) is 5.70 Å². The van der Waals surface area contributed by atoms with Crippen LogP contribution >= 0.6 is 0 Å². The summed E-state index contributed by atoms with van der Waals surface area (Å²) in [5.41, 5.74) is 0.793. The molecule has 0 spiro atoms. The zero-order valence-electron chi connectivity index (χ0n) is 8.71. The van der Waals surface area contributed by atoms with E-state index in [1.807, 2.05) is 0 Å². The monoisotopic (exact) mass is 213 g/mol. The van der Waals surface area contributed by atoms with Crippen LogP contribution in [-0.4, -0.2) is 23.8 Å². The van der Waals surface area contributed by atoms with Crippen LogP contribution in [0.5, 0.6) is 0 Å². The van der Waals surface area contributed by atoms with E-state index in [-0.39, 0.29) is 6.61 Å². The SMILES string of the molecule is CCOC(=O)NC1=C(C(=O)O)CCCC1. The fourth-order valence-electron chi connectivity index (χ4n) is 1.57. The van der Waals surface area contributed by atoms with E-state index in [1.54, 1.807) is 6.92 Å². The molecule has 0 bridgehead atoms. The molecular weight excluding hydrogens is 198 g/mol. The molecule has 1 aliphatic rings. The number of carbonyl (C=O) groups is 2. The highest BCUT2D eigenvalue weighted by molar-refractivity contribution is 5.88. The number of nitrogens with one attached hydrogen (secondary N) is 1. The molecule has 1 amide bonds. The molecule has 0 aliphatic heterocycles. The fraction of sp³-hybridized carbons (Fsp3) is 0.600. The van der Waals surface area contributed by atoms with Crippen molar-refractivity contribution in [1.29, 1.82) is 0 Å². The van der Waals surface area contributed by atoms with Gasteiger partial charge in [-0.1, -0.05) is 0 Å². The van der Waals surface area contributed by atoms with E-state index in [1.165, 1.54) is 0 Å². The molecule has 5 nitrogen and oxygen atoms in total. The van der Waals surface area contributed by atoms with Crippen LogP contribution in [0.3, 0.4) is 0 Å². The Bertz CT molecular complexity index is 296. The van der Waals surface area contributed by atoms with Crippen molar-refractivity contribution in [3.63, 3.8) is 0 Å². The van der Waals surface area contributed by atoms with Crippen LogP contribution in [0.4, 0.5) is 4.79 Å². The lowest BCUT2D eigenvalue weighted by Crippen LogP contribution is -2.27. The molecule has 0 radical (unpaired) electrons. The zero-order chi connectivity index (χ0) is 11.3. The molecule has 1 aliphatic carbocycles. The summed E-state index contributed by atoms with van der Waals surface area (Å²) in [5.74, 6) is -0.957. The third kappa shape index (κ3) is 3.27. The highest BCUT2D eigenvalue weighted by Crippen LogP contribution is 2.23. The molecule has 0 aromatic heterocycles. The van der Waals surface area contributed by atoms with Crippen molar-refractivity contribution in [2.24, 2.45) is 0 Å². The van der Waals surface area contributed by atoms with Crippen LogP contribution in [0.15, 0.2) is 11.3 Å². The molecule has 0 heterocycles. The normalized spacial score (nSPS) is 16.1. The van der Waals surface area contributed by atoms with Crippen molar-refractivity contribution in [2.75, 3.05) is 6.61 Å². The molecule has 0 aromatic rings. The average molecular weight is 213 g/mol. The number of amides is 1. The van der Waals surface area contributed by atoms with Gasteiger partial charge in [0.1, 0.15) is 0 Å². The van der Waals surface area contributed by atoms with Gasteiger partial charge in [-0.15, -0.1) is 0 Å². The van der Waals surface area contributed by atoms with Gasteiger partial charge in [-0.05, 0) is 32.6 Å².